The van der Waals surface area contributed by atoms with E-state index in [0.717, 1.165) is 28.8 Å². The third kappa shape index (κ3) is 3.79. The van der Waals surface area contributed by atoms with Crippen molar-refractivity contribution in [1.29, 1.82) is 0 Å². The normalized spacial score (nSPS) is 12.6. The lowest BCUT2D eigenvalue weighted by Crippen LogP contribution is -2.24. The van der Waals surface area contributed by atoms with Gasteiger partial charge in [0.2, 0.25) is 5.91 Å². The standard InChI is InChI=1S/C21H23N3O/c1-4-24-14-20(16(3)23-24)15(2)22-21(25)13-12-18-10-7-9-17-8-5-6-11-19(17)18/h5-15H,4H2,1-3H3,(H,22,25)/b13-12+. The van der Waals surface area contributed by atoms with Crippen molar-refractivity contribution in [2.24, 2.45) is 0 Å². The van der Waals surface area contributed by atoms with E-state index in [1.807, 2.05) is 62.0 Å². The number of hydrogen-bond donors (Lipinski definition) is 1. The Hall–Kier alpha value is -2.88. The second kappa shape index (κ2) is 7.34. The fourth-order valence-electron chi connectivity index (χ4n) is 3.02. The topological polar surface area (TPSA) is 46.9 Å². The molecule has 2 aromatic carbocycles. The number of hydrogen-bond acceptors (Lipinski definition) is 2. The first-order valence-corrected chi connectivity index (χ1v) is 8.58. The van der Waals surface area contributed by atoms with Crippen LogP contribution in [0.25, 0.3) is 16.8 Å². The van der Waals surface area contributed by atoms with Crippen LogP contribution in [-0.4, -0.2) is 15.7 Å². The van der Waals surface area contributed by atoms with Crippen LogP contribution < -0.4 is 5.32 Å². The molecule has 1 amide bonds. The molecular formula is C21H23N3O. The minimum absolute atomic E-state index is 0.0787. The molecule has 1 heterocycles. The van der Waals surface area contributed by atoms with Crippen molar-refractivity contribution in [3.8, 4) is 0 Å². The van der Waals surface area contributed by atoms with Gasteiger partial charge in [-0.05, 0) is 43.2 Å². The molecule has 1 aromatic heterocycles. The summed E-state index contributed by atoms with van der Waals surface area (Å²) in [6.45, 7) is 6.82. The number of aryl methyl sites for hydroxylation is 2. The zero-order chi connectivity index (χ0) is 17.8. The Balaban J connectivity index is 1.73. The molecular weight excluding hydrogens is 310 g/mol. The molecule has 4 heteroatoms. The zero-order valence-electron chi connectivity index (χ0n) is 14.9. The fraction of sp³-hybridized carbons (Fsp3) is 0.238. The Morgan fingerprint density at radius 2 is 2.00 bits per heavy atom. The molecule has 128 valence electrons. The summed E-state index contributed by atoms with van der Waals surface area (Å²) in [6, 6.07) is 14.2. The first-order valence-electron chi connectivity index (χ1n) is 8.58. The van der Waals surface area contributed by atoms with Gasteiger partial charge in [-0.2, -0.15) is 5.10 Å². The number of benzene rings is 2. The Morgan fingerprint density at radius 1 is 1.24 bits per heavy atom. The van der Waals surface area contributed by atoms with E-state index >= 15 is 0 Å². The van der Waals surface area contributed by atoms with Gasteiger partial charge in [0.25, 0.3) is 0 Å². The minimum Gasteiger partial charge on any atom is -0.346 e. The molecule has 0 bridgehead atoms. The van der Waals surface area contributed by atoms with Crippen molar-refractivity contribution in [1.82, 2.24) is 15.1 Å². The molecule has 3 aromatic rings. The highest BCUT2D eigenvalue weighted by molar-refractivity contribution is 5.96. The van der Waals surface area contributed by atoms with Crippen molar-refractivity contribution >= 4 is 22.8 Å². The van der Waals surface area contributed by atoms with E-state index < -0.39 is 0 Å². The summed E-state index contributed by atoms with van der Waals surface area (Å²) in [5.74, 6) is -0.107. The molecule has 25 heavy (non-hydrogen) atoms. The highest BCUT2D eigenvalue weighted by atomic mass is 16.1. The number of nitrogens with zero attached hydrogens (tertiary/aromatic N) is 2. The molecule has 0 saturated heterocycles. The van der Waals surface area contributed by atoms with Gasteiger partial charge < -0.3 is 5.32 Å². The number of rotatable bonds is 5. The quantitative estimate of drug-likeness (QED) is 0.709. The van der Waals surface area contributed by atoms with Gasteiger partial charge in [-0.1, -0.05) is 42.5 Å². The van der Waals surface area contributed by atoms with E-state index in [-0.39, 0.29) is 11.9 Å². The summed E-state index contributed by atoms with van der Waals surface area (Å²) < 4.78 is 1.89. The van der Waals surface area contributed by atoms with E-state index in [1.165, 1.54) is 5.39 Å². The van der Waals surface area contributed by atoms with E-state index in [1.54, 1.807) is 6.08 Å². The molecule has 0 fully saturated rings. The first-order chi connectivity index (χ1) is 12.1. The summed E-state index contributed by atoms with van der Waals surface area (Å²) in [7, 11) is 0. The SMILES string of the molecule is CCn1cc(C(C)NC(=O)/C=C/c2cccc3ccccc23)c(C)n1. The summed E-state index contributed by atoms with van der Waals surface area (Å²) >= 11 is 0. The molecule has 0 aliphatic carbocycles. The lowest BCUT2D eigenvalue weighted by molar-refractivity contribution is -0.117. The van der Waals surface area contributed by atoms with Crippen LogP contribution in [0.4, 0.5) is 0 Å². The second-order valence-electron chi connectivity index (χ2n) is 6.16. The van der Waals surface area contributed by atoms with Crippen molar-refractivity contribution in [3.05, 3.63) is 71.6 Å². The molecule has 1 unspecified atom stereocenters. The van der Waals surface area contributed by atoms with Crippen LogP contribution in [0.5, 0.6) is 0 Å². The monoisotopic (exact) mass is 333 g/mol. The molecule has 0 aliphatic heterocycles. The van der Waals surface area contributed by atoms with E-state index in [0.29, 0.717) is 0 Å². The number of amides is 1. The van der Waals surface area contributed by atoms with Crippen LogP contribution in [0, 0.1) is 6.92 Å². The van der Waals surface area contributed by atoms with Gasteiger partial charge in [0.05, 0.1) is 11.7 Å². The number of fused-ring (bicyclic) bond motifs is 1. The van der Waals surface area contributed by atoms with Crippen LogP contribution in [0.1, 0.15) is 36.7 Å². The predicted octanol–water partition coefficient (Wildman–Crippen LogP) is 4.26. The predicted molar refractivity (Wildman–Crippen MR) is 102 cm³/mol. The second-order valence-corrected chi connectivity index (χ2v) is 6.16. The van der Waals surface area contributed by atoms with Crippen LogP contribution in [-0.2, 0) is 11.3 Å². The Bertz CT molecular complexity index is 919. The molecule has 1 atom stereocenters. The molecule has 0 spiro atoms. The van der Waals surface area contributed by atoms with Gasteiger partial charge >= 0.3 is 0 Å². The smallest absolute Gasteiger partial charge is 0.244 e. The maximum atomic E-state index is 12.3. The van der Waals surface area contributed by atoms with E-state index in [4.69, 9.17) is 0 Å². The van der Waals surface area contributed by atoms with Crippen molar-refractivity contribution in [2.75, 3.05) is 0 Å². The Labute approximate surface area is 148 Å². The largest absolute Gasteiger partial charge is 0.346 e. The average Bonchev–Trinajstić information content (AvgIpc) is 3.01. The van der Waals surface area contributed by atoms with Crippen molar-refractivity contribution < 1.29 is 4.79 Å². The molecule has 3 rings (SSSR count). The van der Waals surface area contributed by atoms with E-state index in [9.17, 15) is 4.79 Å². The van der Waals surface area contributed by atoms with Crippen LogP contribution in [0.3, 0.4) is 0 Å². The summed E-state index contributed by atoms with van der Waals surface area (Å²) in [5.41, 5.74) is 3.04. The number of carbonyl (C=O) groups excluding carboxylic acids is 1. The third-order valence-corrected chi connectivity index (χ3v) is 4.37. The van der Waals surface area contributed by atoms with Crippen molar-refractivity contribution in [3.63, 3.8) is 0 Å². The molecule has 1 N–H and O–H groups in total. The number of nitrogens with one attached hydrogen (secondary N) is 1. The fourth-order valence-corrected chi connectivity index (χ4v) is 3.02. The van der Waals surface area contributed by atoms with Gasteiger partial charge in [0, 0.05) is 24.4 Å². The molecule has 0 saturated carbocycles. The summed E-state index contributed by atoms with van der Waals surface area (Å²) in [5, 5.41) is 9.75. The summed E-state index contributed by atoms with van der Waals surface area (Å²) in [6.07, 6.45) is 5.46. The lowest BCUT2D eigenvalue weighted by atomic mass is 10.0. The highest BCUT2D eigenvalue weighted by Gasteiger charge is 2.13. The molecule has 4 nitrogen and oxygen atoms in total. The number of aromatic nitrogens is 2. The number of carbonyl (C=O) groups is 1. The lowest BCUT2D eigenvalue weighted by Gasteiger charge is -2.11. The highest BCUT2D eigenvalue weighted by Crippen LogP contribution is 2.20. The molecule has 0 aliphatic rings. The zero-order valence-corrected chi connectivity index (χ0v) is 14.9. The maximum Gasteiger partial charge on any atom is 0.244 e. The summed E-state index contributed by atoms with van der Waals surface area (Å²) in [4.78, 5) is 12.3. The van der Waals surface area contributed by atoms with Gasteiger partial charge in [-0.15, -0.1) is 0 Å². The average molecular weight is 333 g/mol. The van der Waals surface area contributed by atoms with Gasteiger partial charge in [-0.3, -0.25) is 9.48 Å². The van der Waals surface area contributed by atoms with Crippen LogP contribution >= 0.6 is 0 Å². The van der Waals surface area contributed by atoms with Gasteiger partial charge in [0.1, 0.15) is 0 Å². The first kappa shape index (κ1) is 17.0. The van der Waals surface area contributed by atoms with Crippen molar-refractivity contribution in [2.45, 2.75) is 33.4 Å². The Morgan fingerprint density at radius 3 is 2.76 bits per heavy atom. The van der Waals surface area contributed by atoms with Crippen LogP contribution in [0.2, 0.25) is 0 Å². The van der Waals surface area contributed by atoms with Gasteiger partial charge in [0.15, 0.2) is 0 Å². The molecule has 0 radical (unpaired) electrons. The van der Waals surface area contributed by atoms with E-state index in [2.05, 4.69) is 28.6 Å². The third-order valence-electron chi connectivity index (χ3n) is 4.37. The maximum absolute atomic E-state index is 12.3. The Kier molecular flexibility index (Phi) is 4.98. The van der Waals surface area contributed by atoms with Gasteiger partial charge in [-0.25, -0.2) is 0 Å². The van der Waals surface area contributed by atoms with Crippen LogP contribution in [0.15, 0.2) is 54.7 Å². The minimum atomic E-state index is -0.107.